The molecule has 0 fully saturated rings. The number of hydrogen-bond donors (Lipinski definition) is 0. The van der Waals surface area contributed by atoms with Crippen molar-refractivity contribution >= 4 is 27.5 Å². The summed E-state index contributed by atoms with van der Waals surface area (Å²) in [6, 6.07) is 8.56. The van der Waals surface area contributed by atoms with Crippen LogP contribution in [0.2, 0.25) is 0 Å². The smallest absolute Gasteiger partial charge is 0.0255 e. The van der Waals surface area contributed by atoms with E-state index in [4.69, 9.17) is 11.6 Å². The molecule has 1 rings (SSSR count). The first-order valence-electron chi connectivity index (χ1n) is 5.96. The van der Waals surface area contributed by atoms with Crippen molar-refractivity contribution in [2.45, 2.75) is 33.1 Å². The summed E-state index contributed by atoms with van der Waals surface area (Å²) in [4.78, 5) is 0. The minimum absolute atomic E-state index is 0.609. The molecule has 2 heteroatoms. The Bertz CT molecular complexity index is 294. The van der Waals surface area contributed by atoms with Crippen molar-refractivity contribution in [2.24, 2.45) is 11.8 Å². The van der Waals surface area contributed by atoms with Crippen LogP contribution >= 0.6 is 27.5 Å². The molecule has 0 radical (unpaired) electrons. The summed E-state index contributed by atoms with van der Waals surface area (Å²) in [5, 5.41) is 0. The molecule has 0 saturated heterocycles. The minimum Gasteiger partial charge on any atom is -0.126 e. The predicted molar refractivity (Wildman–Crippen MR) is 76.1 cm³/mol. The van der Waals surface area contributed by atoms with Crippen LogP contribution in [-0.4, -0.2) is 5.88 Å². The van der Waals surface area contributed by atoms with Crippen LogP contribution in [0.4, 0.5) is 0 Å². The van der Waals surface area contributed by atoms with Gasteiger partial charge in [0.1, 0.15) is 0 Å². The highest BCUT2D eigenvalue weighted by atomic mass is 79.9. The van der Waals surface area contributed by atoms with Crippen molar-refractivity contribution in [3.63, 3.8) is 0 Å². The van der Waals surface area contributed by atoms with E-state index in [-0.39, 0.29) is 0 Å². The number of benzene rings is 1. The standard InChI is InChI=1S/C14H20BrCl/c1-3-11(2)8-13(10-16)9-12-4-6-14(15)7-5-12/h4-7,11,13H,3,8-10H2,1-2H3. The van der Waals surface area contributed by atoms with Crippen LogP contribution in [0.3, 0.4) is 0 Å². The summed E-state index contributed by atoms with van der Waals surface area (Å²) < 4.78 is 1.14. The van der Waals surface area contributed by atoms with E-state index >= 15 is 0 Å². The first kappa shape index (κ1) is 14.1. The van der Waals surface area contributed by atoms with Crippen LogP contribution in [-0.2, 0) is 6.42 Å². The van der Waals surface area contributed by atoms with E-state index in [2.05, 4.69) is 54.0 Å². The third-order valence-electron chi connectivity index (χ3n) is 3.09. The molecular formula is C14H20BrCl. The zero-order valence-electron chi connectivity index (χ0n) is 10.0. The van der Waals surface area contributed by atoms with E-state index in [0.29, 0.717) is 5.92 Å². The van der Waals surface area contributed by atoms with Gasteiger partial charge in [0.2, 0.25) is 0 Å². The minimum atomic E-state index is 0.609. The normalized spacial score (nSPS) is 14.8. The molecule has 90 valence electrons. The van der Waals surface area contributed by atoms with Crippen LogP contribution in [0.1, 0.15) is 32.3 Å². The van der Waals surface area contributed by atoms with Crippen LogP contribution in [0.5, 0.6) is 0 Å². The van der Waals surface area contributed by atoms with Crippen molar-refractivity contribution in [3.05, 3.63) is 34.3 Å². The van der Waals surface area contributed by atoms with Crippen LogP contribution in [0, 0.1) is 11.8 Å². The molecule has 1 aromatic carbocycles. The quantitative estimate of drug-likeness (QED) is 0.627. The molecule has 0 aliphatic heterocycles. The Balaban J connectivity index is 2.52. The lowest BCUT2D eigenvalue weighted by molar-refractivity contribution is 0.407. The van der Waals surface area contributed by atoms with Gasteiger partial charge in [-0.2, -0.15) is 0 Å². The van der Waals surface area contributed by atoms with Gasteiger partial charge in [0.25, 0.3) is 0 Å². The molecule has 0 bridgehead atoms. The van der Waals surface area contributed by atoms with E-state index in [9.17, 15) is 0 Å². The van der Waals surface area contributed by atoms with Crippen LogP contribution < -0.4 is 0 Å². The van der Waals surface area contributed by atoms with Crippen molar-refractivity contribution < 1.29 is 0 Å². The van der Waals surface area contributed by atoms with Gasteiger partial charge in [0.05, 0.1) is 0 Å². The maximum absolute atomic E-state index is 6.04. The Kier molecular flexibility index (Phi) is 6.45. The average molecular weight is 304 g/mol. The molecule has 1 aromatic rings. The Morgan fingerprint density at radius 2 is 1.88 bits per heavy atom. The first-order chi connectivity index (χ1) is 7.65. The van der Waals surface area contributed by atoms with E-state index in [1.165, 1.54) is 18.4 Å². The second-order valence-corrected chi connectivity index (χ2v) is 5.82. The van der Waals surface area contributed by atoms with Gasteiger partial charge in [-0.3, -0.25) is 0 Å². The molecule has 0 heterocycles. The molecule has 2 unspecified atom stereocenters. The topological polar surface area (TPSA) is 0 Å². The Labute approximate surface area is 113 Å². The molecule has 0 amide bonds. The molecular weight excluding hydrogens is 284 g/mol. The third kappa shape index (κ3) is 4.88. The molecule has 0 spiro atoms. The molecule has 0 nitrogen and oxygen atoms in total. The maximum Gasteiger partial charge on any atom is 0.0255 e. The van der Waals surface area contributed by atoms with E-state index in [1.54, 1.807) is 0 Å². The largest absolute Gasteiger partial charge is 0.126 e. The van der Waals surface area contributed by atoms with Crippen molar-refractivity contribution in [3.8, 4) is 0 Å². The number of hydrogen-bond acceptors (Lipinski definition) is 0. The Morgan fingerprint density at radius 1 is 1.25 bits per heavy atom. The summed E-state index contributed by atoms with van der Waals surface area (Å²) in [5.74, 6) is 2.15. The maximum atomic E-state index is 6.04. The van der Waals surface area contributed by atoms with Crippen LogP contribution in [0.15, 0.2) is 28.7 Å². The highest BCUT2D eigenvalue weighted by Crippen LogP contribution is 2.21. The fourth-order valence-corrected chi connectivity index (χ4v) is 2.39. The van der Waals surface area contributed by atoms with Gasteiger partial charge in [-0.15, -0.1) is 11.6 Å². The molecule has 0 aliphatic rings. The van der Waals surface area contributed by atoms with Crippen molar-refractivity contribution in [2.75, 3.05) is 5.88 Å². The van der Waals surface area contributed by atoms with Gasteiger partial charge in [0, 0.05) is 10.4 Å². The molecule has 0 saturated carbocycles. The highest BCUT2D eigenvalue weighted by Gasteiger charge is 2.12. The average Bonchev–Trinajstić information content (AvgIpc) is 2.30. The molecule has 0 aliphatic carbocycles. The number of rotatable bonds is 6. The fraction of sp³-hybridized carbons (Fsp3) is 0.571. The van der Waals surface area contributed by atoms with E-state index in [0.717, 1.165) is 22.7 Å². The first-order valence-corrected chi connectivity index (χ1v) is 7.28. The molecule has 0 aromatic heterocycles. The Morgan fingerprint density at radius 3 is 2.38 bits per heavy atom. The molecule has 16 heavy (non-hydrogen) atoms. The van der Waals surface area contributed by atoms with Gasteiger partial charge < -0.3 is 0 Å². The zero-order chi connectivity index (χ0) is 12.0. The molecule has 2 atom stereocenters. The van der Waals surface area contributed by atoms with Crippen molar-refractivity contribution in [1.29, 1.82) is 0 Å². The summed E-state index contributed by atoms with van der Waals surface area (Å²) in [6.45, 7) is 4.55. The van der Waals surface area contributed by atoms with Gasteiger partial charge in [0.15, 0.2) is 0 Å². The highest BCUT2D eigenvalue weighted by molar-refractivity contribution is 9.10. The second kappa shape index (κ2) is 7.34. The summed E-state index contributed by atoms with van der Waals surface area (Å²) in [7, 11) is 0. The summed E-state index contributed by atoms with van der Waals surface area (Å²) in [5.41, 5.74) is 1.39. The lowest BCUT2D eigenvalue weighted by Gasteiger charge is -2.17. The lowest BCUT2D eigenvalue weighted by Crippen LogP contribution is -2.10. The predicted octanol–water partition coefficient (Wildman–Crippen LogP) is 5.28. The summed E-state index contributed by atoms with van der Waals surface area (Å²) >= 11 is 9.49. The van der Waals surface area contributed by atoms with E-state index < -0.39 is 0 Å². The summed E-state index contributed by atoms with van der Waals surface area (Å²) in [6.07, 6.45) is 3.57. The number of alkyl halides is 1. The SMILES string of the molecule is CCC(C)CC(CCl)Cc1ccc(Br)cc1. The third-order valence-corrected chi connectivity index (χ3v) is 4.05. The van der Waals surface area contributed by atoms with Gasteiger partial charge in [-0.25, -0.2) is 0 Å². The monoisotopic (exact) mass is 302 g/mol. The van der Waals surface area contributed by atoms with Gasteiger partial charge >= 0.3 is 0 Å². The second-order valence-electron chi connectivity index (χ2n) is 4.60. The lowest BCUT2D eigenvalue weighted by atomic mass is 9.90. The van der Waals surface area contributed by atoms with E-state index in [1.807, 2.05) is 0 Å². The van der Waals surface area contributed by atoms with Gasteiger partial charge in [-0.05, 0) is 42.4 Å². The van der Waals surface area contributed by atoms with Crippen molar-refractivity contribution in [1.82, 2.24) is 0 Å². The Hall–Kier alpha value is -0.0100. The van der Waals surface area contributed by atoms with Gasteiger partial charge in [-0.1, -0.05) is 48.3 Å². The fourth-order valence-electron chi connectivity index (χ4n) is 1.89. The molecule has 0 N–H and O–H groups in total. The zero-order valence-corrected chi connectivity index (χ0v) is 12.4. The number of halogens is 2. The van der Waals surface area contributed by atoms with Crippen LogP contribution in [0.25, 0.3) is 0 Å².